The minimum absolute atomic E-state index is 0.0374. The van der Waals surface area contributed by atoms with Crippen LogP contribution in [0.25, 0.3) is 6.08 Å². The Bertz CT molecular complexity index is 1420. The molecule has 0 spiro atoms. The van der Waals surface area contributed by atoms with Crippen LogP contribution in [0.2, 0.25) is 5.02 Å². The van der Waals surface area contributed by atoms with Gasteiger partial charge in [0.15, 0.2) is 11.5 Å². The predicted octanol–water partition coefficient (Wildman–Crippen LogP) is 5.71. The number of ether oxygens (including phenoxy) is 2. The zero-order chi connectivity index (χ0) is 25.8. The van der Waals surface area contributed by atoms with E-state index in [1.54, 1.807) is 42.5 Å². The molecular weight excluding hydrogens is 508 g/mol. The third kappa shape index (κ3) is 5.09. The number of amides is 2. The SMILES string of the molecule is COc1cccc(/C=C2\SC(=O)N(Cc3ccccc3[N+](=O)[O-])C2=O)c1OC(=O)c1ccccc1Cl. The Kier molecular flexibility index (Phi) is 7.37. The van der Waals surface area contributed by atoms with Gasteiger partial charge in [0, 0.05) is 17.2 Å². The highest BCUT2D eigenvalue weighted by atomic mass is 35.5. The lowest BCUT2D eigenvalue weighted by Crippen LogP contribution is -2.27. The van der Waals surface area contributed by atoms with Gasteiger partial charge >= 0.3 is 5.97 Å². The largest absolute Gasteiger partial charge is 0.493 e. The summed E-state index contributed by atoms with van der Waals surface area (Å²) >= 11 is 6.78. The number of nitro benzene ring substituents is 1. The molecule has 0 radical (unpaired) electrons. The van der Waals surface area contributed by atoms with E-state index in [0.717, 1.165) is 4.90 Å². The average molecular weight is 525 g/mol. The van der Waals surface area contributed by atoms with Crippen LogP contribution in [0.3, 0.4) is 0 Å². The molecule has 36 heavy (non-hydrogen) atoms. The maximum Gasteiger partial charge on any atom is 0.345 e. The molecule has 3 aromatic carbocycles. The number of carbonyl (C=O) groups excluding carboxylic acids is 3. The van der Waals surface area contributed by atoms with Crippen molar-refractivity contribution in [1.82, 2.24) is 4.90 Å². The summed E-state index contributed by atoms with van der Waals surface area (Å²) in [6, 6.07) is 17.1. The van der Waals surface area contributed by atoms with Crippen molar-refractivity contribution in [1.29, 1.82) is 0 Å². The lowest BCUT2D eigenvalue weighted by molar-refractivity contribution is -0.385. The van der Waals surface area contributed by atoms with Crippen LogP contribution in [0, 0.1) is 10.1 Å². The third-order valence-corrected chi connectivity index (χ3v) is 6.43. The molecule has 182 valence electrons. The quantitative estimate of drug-likeness (QED) is 0.127. The third-order valence-electron chi connectivity index (χ3n) is 5.19. The van der Waals surface area contributed by atoms with Crippen molar-refractivity contribution in [3.05, 3.63) is 103 Å². The van der Waals surface area contributed by atoms with E-state index in [-0.39, 0.29) is 44.8 Å². The number of hydrogen-bond donors (Lipinski definition) is 0. The van der Waals surface area contributed by atoms with E-state index in [0.29, 0.717) is 17.3 Å². The molecule has 1 aliphatic rings. The fourth-order valence-electron chi connectivity index (χ4n) is 3.46. The Morgan fingerprint density at radius 2 is 1.81 bits per heavy atom. The van der Waals surface area contributed by atoms with E-state index >= 15 is 0 Å². The van der Waals surface area contributed by atoms with Gasteiger partial charge in [-0.05, 0) is 36.0 Å². The molecule has 9 nitrogen and oxygen atoms in total. The number of rotatable bonds is 7. The zero-order valence-corrected chi connectivity index (χ0v) is 20.2. The van der Waals surface area contributed by atoms with E-state index in [4.69, 9.17) is 21.1 Å². The first-order valence-electron chi connectivity index (χ1n) is 10.4. The van der Waals surface area contributed by atoms with Crippen molar-refractivity contribution < 1.29 is 28.8 Å². The van der Waals surface area contributed by atoms with Crippen LogP contribution in [0.5, 0.6) is 11.5 Å². The fraction of sp³-hybridized carbons (Fsp3) is 0.0800. The van der Waals surface area contributed by atoms with E-state index in [2.05, 4.69) is 0 Å². The zero-order valence-electron chi connectivity index (χ0n) is 18.7. The summed E-state index contributed by atoms with van der Waals surface area (Å²) in [6.07, 6.45) is 1.40. The maximum atomic E-state index is 13.0. The first kappa shape index (κ1) is 25.0. The summed E-state index contributed by atoms with van der Waals surface area (Å²) in [7, 11) is 1.40. The minimum atomic E-state index is -0.732. The van der Waals surface area contributed by atoms with Crippen LogP contribution in [-0.4, -0.2) is 34.0 Å². The number of benzene rings is 3. The first-order valence-corrected chi connectivity index (χ1v) is 11.6. The fourth-order valence-corrected chi connectivity index (χ4v) is 4.50. The molecule has 1 heterocycles. The normalized spacial score (nSPS) is 14.3. The van der Waals surface area contributed by atoms with Gasteiger partial charge in [-0.1, -0.05) is 54.1 Å². The number of methoxy groups -OCH3 is 1. The van der Waals surface area contributed by atoms with E-state index in [1.165, 1.54) is 37.5 Å². The van der Waals surface area contributed by atoms with E-state index in [1.807, 2.05) is 0 Å². The molecule has 0 saturated carbocycles. The molecule has 0 aliphatic carbocycles. The van der Waals surface area contributed by atoms with Crippen LogP contribution in [-0.2, 0) is 11.3 Å². The monoisotopic (exact) mass is 524 g/mol. The lowest BCUT2D eigenvalue weighted by Gasteiger charge is -2.13. The molecule has 0 aromatic heterocycles. The number of nitro groups is 1. The highest BCUT2D eigenvalue weighted by Gasteiger charge is 2.36. The standard InChI is InChI=1S/C25H17ClN2O7S/c1-34-20-12-6-8-15(22(20)35-24(30)17-9-3-4-10-18(17)26)13-21-23(29)27(25(31)36-21)14-16-7-2-5-11-19(16)28(32)33/h2-13H,14H2,1H3/b21-13-. The molecule has 4 rings (SSSR count). The molecule has 1 aliphatic heterocycles. The summed E-state index contributed by atoms with van der Waals surface area (Å²) in [5.74, 6) is -1.10. The van der Waals surface area contributed by atoms with Crippen molar-refractivity contribution in [2.45, 2.75) is 6.54 Å². The second-order valence-electron chi connectivity index (χ2n) is 7.40. The Hall–Kier alpha value is -4.15. The second kappa shape index (κ2) is 10.6. The predicted molar refractivity (Wildman–Crippen MR) is 134 cm³/mol. The van der Waals surface area contributed by atoms with Gasteiger partial charge in [0.1, 0.15) is 0 Å². The van der Waals surface area contributed by atoms with Gasteiger partial charge in [0.25, 0.3) is 16.8 Å². The molecule has 0 N–H and O–H groups in total. The van der Waals surface area contributed by atoms with Crippen molar-refractivity contribution >= 4 is 52.2 Å². The molecule has 1 fully saturated rings. The van der Waals surface area contributed by atoms with E-state index < -0.39 is 22.0 Å². The number of nitrogens with zero attached hydrogens (tertiary/aromatic N) is 2. The highest BCUT2D eigenvalue weighted by Crippen LogP contribution is 2.39. The molecule has 2 amide bonds. The van der Waals surface area contributed by atoms with Crippen molar-refractivity contribution in [3.8, 4) is 11.5 Å². The van der Waals surface area contributed by atoms with Crippen molar-refractivity contribution in [3.63, 3.8) is 0 Å². The Labute approximate surface area is 214 Å². The highest BCUT2D eigenvalue weighted by molar-refractivity contribution is 8.18. The van der Waals surface area contributed by atoms with Gasteiger partial charge in [-0.15, -0.1) is 0 Å². The van der Waals surface area contributed by atoms with Gasteiger partial charge in [-0.2, -0.15) is 0 Å². The van der Waals surface area contributed by atoms with Crippen molar-refractivity contribution in [2.24, 2.45) is 0 Å². The lowest BCUT2D eigenvalue weighted by atomic mass is 10.1. The first-order chi connectivity index (χ1) is 17.3. The number of esters is 1. The molecule has 11 heteroatoms. The Morgan fingerprint density at radius 1 is 1.08 bits per heavy atom. The van der Waals surface area contributed by atoms with E-state index in [9.17, 15) is 24.5 Å². The van der Waals surface area contributed by atoms with Gasteiger partial charge in [0.2, 0.25) is 0 Å². The number of thioether (sulfide) groups is 1. The van der Waals surface area contributed by atoms with Gasteiger partial charge in [-0.25, -0.2) is 4.79 Å². The molecule has 0 unspecified atom stereocenters. The minimum Gasteiger partial charge on any atom is -0.493 e. The summed E-state index contributed by atoms with van der Waals surface area (Å²) in [5.41, 5.74) is 0.482. The van der Waals surface area contributed by atoms with Crippen LogP contribution < -0.4 is 9.47 Å². The smallest absolute Gasteiger partial charge is 0.345 e. The topological polar surface area (TPSA) is 116 Å². The Balaban J connectivity index is 1.65. The maximum absolute atomic E-state index is 13.0. The summed E-state index contributed by atoms with van der Waals surface area (Å²) in [6.45, 7) is -0.258. The van der Waals surface area contributed by atoms with Crippen LogP contribution in [0.4, 0.5) is 10.5 Å². The van der Waals surface area contributed by atoms with Gasteiger partial charge in [0.05, 0.1) is 34.1 Å². The molecular formula is C25H17ClN2O7S. The summed E-state index contributed by atoms with van der Waals surface area (Å²) < 4.78 is 10.9. The number of halogens is 1. The molecule has 3 aromatic rings. The number of para-hydroxylation sites is 2. The van der Waals surface area contributed by atoms with Crippen LogP contribution in [0.1, 0.15) is 21.5 Å². The van der Waals surface area contributed by atoms with Crippen LogP contribution >= 0.6 is 23.4 Å². The second-order valence-corrected chi connectivity index (χ2v) is 8.80. The van der Waals surface area contributed by atoms with Gasteiger partial charge < -0.3 is 9.47 Å². The molecule has 1 saturated heterocycles. The Morgan fingerprint density at radius 3 is 2.53 bits per heavy atom. The number of carbonyl (C=O) groups is 3. The number of imide groups is 1. The average Bonchev–Trinajstić information content (AvgIpc) is 3.12. The molecule has 0 bridgehead atoms. The summed E-state index contributed by atoms with van der Waals surface area (Å²) in [5, 5.41) is 10.9. The van der Waals surface area contributed by atoms with Crippen LogP contribution in [0.15, 0.2) is 71.6 Å². The van der Waals surface area contributed by atoms with Gasteiger partial charge in [-0.3, -0.25) is 24.6 Å². The molecule has 0 atom stereocenters. The number of hydrogen-bond acceptors (Lipinski definition) is 8. The van der Waals surface area contributed by atoms with Crippen molar-refractivity contribution in [2.75, 3.05) is 7.11 Å². The summed E-state index contributed by atoms with van der Waals surface area (Å²) in [4.78, 5) is 50.2.